The highest BCUT2D eigenvalue weighted by Gasteiger charge is 2.20. The minimum absolute atomic E-state index is 0.00654. The van der Waals surface area contributed by atoms with Crippen molar-refractivity contribution >= 4 is 11.9 Å². The fourth-order valence-electron chi connectivity index (χ4n) is 10.2. The number of rotatable bonds is 60. The summed E-state index contributed by atoms with van der Waals surface area (Å²) in [7, 11) is 0. The van der Waals surface area contributed by atoms with Crippen molar-refractivity contribution in [3.05, 3.63) is 12.2 Å². The van der Waals surface area contributed by atoms with E-state index < -0.39 is 12.1 Å². The summed E-state index contributed by atoms with van der Waals surface area (Å²) in [4.78, 5) is 24.6. The molecule has 0 rings (SSSR count). The van der Waals surface area contributed by atoms with Crippen LogP contribution in [-0.4, -0.2) is 47.4 Å². The molecule has 416 valence electrons. The summed E-state index contributed by atoms with van der Waals surface area (Å²) in [5, 5.41) is 23.4. The highest BCUT2D eigenvalue weighted by atomic mass is 16.5. The quantitative estimate of drug-likeness (QED) is 0.0321. The largest absolute Gasteiger partial charge is 0.466 e. The number of aliphatic hydroxyl groups is 2. The Morgan fingerprint density at radius 1 is 0.386 bits per heavy atom. The molecule has 0 aromatic carbocycles. The van der Waals surface area contributed by atoms with Gasteiger partial charge in [-0.25, -0.2) is 0 Å². The van der Waals surface area contributed by atoms with Crippen LogP contribution in [0.3, 0.4) is 0 Å². The second kappa shape index (κ2) is 60.2. The van der Waals surface area contributed by atoms with Crippen molar-refractivity contribution in [2.45, 2.75) is 373 Å². The van der Waals surface area contributed by atoms with Crippen molar-refractivity contribution in [3.63, 3.8) is 0 Å². The van der Waals surface area contributed by atoms with Crippen LogP contribution in [0.1, 0.15) is 361 Å². The summed E-state index contributed by atoms with van der Waals surface area (Å²) in [5.74, 6) is -0.0522. The van der Waals surface area contributed by atoms with E-state index in [-0.39, 0.29) is 18.5 Å². The number of carbonyl (C=O) groups is 2. The first-order chi connectivity index (χ1) is 34.5. The molecule has 2 atom stereocenters. The highest BCUT2D eigenvalue weighted by Crippen LogP contribution is 2.18. The number of carbonyl (C=O) groups excluding carboxylic acids is 2. The molecular formula is C64H125NO5. The number of unbranched alkanes of at least 4 members (excludes halogenated alkanes) is 47. The van der Waals surface area contributed by atoms with Gasteiger partial charge in [0.05, 0.1) is 25.4 Å². The van der Waals surface area contributed by atoms with Crippen LogP contribution >= 0.6 is 0 Å². The van der Waals surface area contributed by atoms with Crippen molar-refractivity contribution in [1.29, 1.82) is 0 Å². The molecule has 6 heteroatoms. The van der Waals surface area contributed by atoms with Gasteiger partial charge in [0.1, 0.15) is 0 Å². The monoisotopic (exact) mass is 988 g/mol. The van der Waals surface area contributed by atoms with E-state index in [1.54, 1.807) is 0 Å². The van der Waals surface area contributed by atoms with Gasteiger partial charge in [0.15, 0.2) is 0 Å². The van der Waals surface area contributed by atoms with E-state index in [4.69, 9.17) is 4.74 Å². The Labute approximate surface area is 438 Å². The summed E-state index contributed by atoms with van der Waals surface area (Å²) in [5.41, 5.74) is 0. The Hall–Kier alpha value is -1.40. The van der Waals surface area contributed by atoms with Gasteiger partial charge in [0.25, 0.3) is 0 Å². The first-order valence-electron chi connectivity index (χ1n) is 31.9. The van der Waals surface area contributed by atoms with Crippen molar-refractivity contribution in [2.75, 3.05) is 13.2 Å². The van der Waals surface area contributed by atoms with Crippen molar-refractivity contribution in [2.24, 2.45) is 0 Å². The molecule has 0 aliphatic carbocycles. The molecule has 70 heavy (non-hydrogen) atoms. The molecule has 3 N–H and O–H groups in total. The van der Waals surface area contributed by atoms with Crippen LogP contribution in [0, 0.1) is 0 Å². The molecule has 0 saturated heterocycles. The van der Waals surface area contributed by atoms with Gasteiger partial charge in [0, 0.05) is 12.8 Å². The number of hydrogen-bond acceptors (Lipinski definition) is 5. The van der Waals surface area contributed by atoms with Gasteiger partial charge in [-0.1, -0.05) is 309 Å². The average Bonchev–Trinajstić information content (AvgIpc) is 3.36. The molecule has 0 heterocycles. The van der Waals surface area contributed by atoms with Crippen LogP contribution in [0.5, 0.6) is 0 Å². The van der Waals surface area contributed by atoms with Crippen molar-refractivity contribution in [3.8, 4) is 0 Å². The van der Waals surface area contributed by atoms with E-state index in [0.717, 1.165) is 70.6 Å². The molecule has 1 amide bonds. The van der Waals surface area contributed by atoms with Crippen LogP contribution in [0.15, 0.2) is 12.2 Å². The Bertz CT molecular complexity index is 1050. The van der Waals surface area contributed by atoms with E-state index in [1.165, 1.54) is 257 Å². The smallest absolute Gasteiger partial charge is 0.305 e. The number of ether oxygens (including phenoxy) is 1. The van der Waals surface area contributed by atoms with Crippen LogP contribution in [0.2, 0.25) is 0 Å². The molecule has 0 aliphatic rings. The zero-order chi connectivity index (χ0) is 50.7. The van der Waals surface area contributed by atoms with Gasteiger partial charge >= 0.3 is 5.97 Å². The normalized spacial score (nSPS) is 12.6. The summed E-state index contributed by atoms with van der Waals surface area (Å²) in [6.45, 7) is 4.95. The summed E-state index contributed by atoms with van der Waals surface area (Å²) in [6, 6.07) is -0.553. The molecule has 0 aromatic rings. The SMILES string of the molecule is CCCCCCCCCCCCCCCCCCCCCCCCCCC(O)C(CO)NC(=O)CCCCCCCCC/C=C\CCCCCCOC(=O)CCCCCCCCCCCCCCCC. The predicted molar refractivity (Wildman–Crippen MR) is 306 cm³/mol. The average molecular weight is 989 g/mol. The Morgan fingerprint density at radius 3 is 1.01 bits per heavy atom. The van der Waals surface area contributed by atoms with Gasteiger partial charge in [-0.2, -0.15) is 0 Å². The second-order valence-electron chi connectivity index (χ2n) is 22.1. The van der Waals surface area contributed by atoms with E-state index in [0.29, 0.717) is 25.9 Å². The fraction of sp³-hybridized carbons (Fsp3) is 0.938. The maximum absolute atomic E-state index is 12.5. The van der Waals surface area contributed by atoms with Gasteiger partial charge < -0.3 is 20.3 Å². The molecule has 0 fully saturated rings. The minimum atomic E-state index is -0.675. The molecular weight excluding hydrogens is 863 g/mol. The summed E-state index contributed by atoms with van der Waals surface area (Å²) in [6.07, 6.45) is 72.2. The molecule has 0 bridgehead atoms. The third kappa shape index (κ3) is 55.9. The zero-order valence-electron chi connectivity index (χ0n) is 47.5. The van der Waals surface area contributed by atoms with Crippen molar-refractivity contribution < 1.29 is 24.5 Å². The van der Waals surface area contributed by atoms with Crippen LogP contribution in [0.4, 0.5) is 0 Å². The number of allylic oxidation sites excluding steroid dienone is 2. The van der Waals surface area contributed by atoms with Gasteiger partial charge in [-0.05, 0) is 51.4 Å². The van der Waals surface area contributed by atoms with Gasteiger partial charge in [0.2, 0.25) is 5.91 Å². The van der Waals surface area contributed by atoms with Crippen LogP contribution < -0.4 is 5.32 Å². The van der Waals surface area contributed by atoms with E-state index in [2.05, 4.69) is 31.3 Å². The second-order valence-corrected chi connectivity index (χ2v) is 22.1. The molecule has 0 spiro atoms. The Kier molecular flexibility index (Phi) is 59.0. The number of nitrogens with one attached hydrogen (secondary N) is 1. The molecule has 0 aromatic heterocycles. The summed E-state index contributed by atoms with van der Waals surface area (Å²) < 4.78 is 5.47. The van der Waals surface area contributed by atoms with E-state index >= 15 is 0 Å². The van der Waals surface area contributed by atoms with Gasteiger partial charge in [-0.15, -0.1) is 0 Å². The fourth-order valence-corrected chi connectivity index (χ4v) is 10.2. The van der Waals surface area contributed by atoms with Crippen LogP contribution in [-0.2, 0) is 14.3 Å². The van der Waals surface area contributed by atoms with Crippen molar-refractivity contribution in [1.82, 2.24) is 5.32 Å². The molecule has 2 unspecified atom stereocenters. The van der Waals surface area contributed by atoms with E-state index in [1.807, 2.05) is 0 Å². The maximum Gasteiger partial charge on any atom is 0.305 e. The standard InChI is InChI=1S/C64H125NO5/c1-3-5-7-9-11-13-15-17-19-20-21-22-23-24-25-26-27-29-32-36-40-44-48-52-56-62(67)61(60-66)65-63(68)57-53-49-45-41-37-33-30-28-31-35-39-43-47-51-55-59-70-64(69)58-54-50-46-42-38-34-18-16-14-12-10-8-6-4-2/h31,35,61-62,66-67H,3-30,32-34,36-60H2,1-2H3,(H,65,68)/b35-31-. The van der Waals surface area contributed by atoms with E-state index in [9.17, 15) is 19.8 Å². The Balaban J connectivity index is 3.45. The van der Waals surface area contributed by atoms with Crippen LogP contribution in [0.25, 0.3) is 0 Å². The maximum atomic E-state index is 12.5. The third-order valence-electron chi connectivity index (χ3n) is 15.1. The first-order valence-corrected chi connectivity index (χ1v) is 31.9. The highest BCUT2D eigenvalue weighted by molar-refractivity contribution is 5.76. The topological polar surface area (TPSA) is 95.9 Å². The summed E-state index contributed by atoms with van der Waals surface area (Å²) >= 11 is 0. The lowest BCUT2D eigenvalue weighted by Gasteiger charge is -2.22. The van der Waals surface area contributed by atoms with Gasteiger partial charge in [-0.3, -0.25) is 9.59 Å². The lowest BCUT2D eigenvalue weighted by atomic mass is 10.0. The number of amides is 1. The molecule has 0 aliphatic heterocycles. The zero-order valence-corrected chi connectivity index (χ0v) is 47.5. The third-order valence-corrected chi connectivity index (χ3v) is 15.1. The Morgan fingerprint density at radius 2 is 0.671 bits per heavy atom. The predicted octanol–water partition coefficient (Wildman–Crippen LogP) is 20.0. The number of hydrogen-bond donors (Lipinski definition) is 3. The first kappa shape index (κ1) is 68.6. The molecule has 6 nitrogen and oxygen atoms in total. The lowest BCUT2D eigenvalue weighted by molar-refractivity contribution is -0.143. The number of esters is 1. The molecule has 0 radical (unpaired) electrons. The minimum Gasteiger partial charge on any atom is -0.466 e. The number of aliphatic hydroxyl groups excluding tert-OH is 2. The lowest BCUT2D eigenvalue weighted by Crippen LogP contribution is -2.45. The molecule has 0 saturated carbocycles.